The molecule has 0 amide bonds. The summed E-state index contributed by atoms with van der Waals surface area (Å²) < 4.78 is 37.0. The first-order valence-corrected chi connectivity index (χ1v) is 14.8. The minimum Gasteiger partial charge on any atom is -0.504 e. The maximum absolute atomic E-state index is 12.6. The number of aliphatic hydroxyl groups is 6. The molecule has 2 heterocycles. The highest BCUT2D eigenvalue weighted by atomic mass is 16.8. The maximum Gasteiger partial charge on any atom is 0.331 e. The van der Waals surface area contributed by atoms with E-state index in [-0.39, 0.29) is 23.0 Å². The number of ether oxygens (including phenoxy) is 7. The average molecular weight is 695 g/mol. The molecule has 0 unspecified atom stereocenters. The Morgan fingerprint density at radius 2 is 1.39 bits per heavy atom. The molecular formula is C32H38O17. The number of methoxy groups -OCH3 is 2. The third kappa shape index (κ3) is 8.66. The fourth-order valence-electron chi connectivity index (χ4n) is 5.05. The first-order chi connectivity index (χ1) is 23.4. The van der Waals surface area contributed by atoms with Crippen molar-refractivity contribution in [2.24, 2.45) is 0 Å². The molecule has 0 saturated carbocycles. The molecule has 2 aromatic rings. The van der Waals surface area contributed by atoms with Crippen LogP contribution in [0.25, 0.3) is 12.2 Å². The molecule has 4 rings (SSSR count). The number of aliphatic hydroxyl groups excluding tert-OH is 6. The lowest BCUT2D eigenvalue weighted by atomic mass is 9.98. The fourth-order valence-corrected chi connectivity index (χ4v) is 5.05. The molecule has 0 aromatic heterocycles. The summed E-state index contributed by atoms with van der Waals surface area (Å²) in [6, 6.07) is 8.57. The predicted octanol–water partition coefficient (Wildman–Crippen LogP) is -1.44. The van der Waals surface area contributed by atoms with Gasteiger partial charge in [0.05, 0.1) is 20.8 Å². The van der Waals surface area contributed by atoms with Crippen LogP contribution in [-0.2, 0) is 33.3 Å². The molecular weight excluding hydrogens is 656 g/mol. The Balaban J connectivity index is 1.41. The molecule has 2 aliphatic rings. The molecule has 2 fully saturated rings. The van der Waals surface area contributed by atoms with Crippen LogP contribution < -0.4 is 9.47 Å². The van der Waals surface area contributed by atoms with Crippen LogP contribution in [0.2, 0.25) is 0 Å². The third-order valence-electron chi connectivity index (χ3n) is 7.74. The molecule has 0 bridgehead atoms. The largest absolute Gasteiger partial charge is 0.504 e. The Hall–Kier alpha value is -4.30. The Kier molecular flexibility index (Phi) is 12.6. The van der Waals surface area contributed by atoms with E-state index < -0.39 is 86.6 Å². The summed E-state index contributed by atoms with van der Waals surface area (Å²) >= 11 is 0. The molecule has 17 heteroatoms. The molecule has 0 radical (unpaired) electrons. The molecule has 268 valence electrons. The summed E-state index contributed by atoms with van der Waals surface area (Å²) in [6.45, 7) is -2.59. The molecule has 2 saturated heterocycles. The van der Waals surface area contributed by atoms with Crippen molar-refractivity contribution < 1.29 is 83.6 Å². The van der Waals surface area contributed by atoms with Gasteiger partial charge in [0.15, 0.2) is 35.4 Å². The van der Waals surface area contributed by atoms with Gasteiger partial charge in [-0.25, -0.2) is 9.59 Å². The van der Waals surface area contributed by atoms with E-state index in [1.54, 1.807) is 0 Å². The lowest BCUT2D eigenvalue weighted by Crippen LogP contribution is -2.63. The number of hydrogen-bond donors (Lipinski definition) is 8. The zero-order valence-corrected chi connectivity index (χ0v) is 26.3. The number of benzene rings is 2. The van der Waals surface area contributed by atoms with E-state index in [1.165, 1.54) is 62.8 Å². The SMILES string of the molecule is COc1cc(/C=C/C(=O)OC[C@H]2O[C@@](CO)(O[C@H]3O[C@H](CO)[C@@H](O)[C@H](OC(=O)/C=C/c4ccc(O)c(OC)c4)[C@H]3O)[C@@H](O)[C@@H]2O)ccc1O. The van der Waals surface area contributed by atoms with Gasteiger partial charge in [-0.3, -0.25) is 0 Å². The van der Waals surface area contributed by atoms with Crippen molar-refractivity contribution in [3.8, 4) is 23.0 Å². The van der Waals surface area contributed by atoms with Crippen LogP contribution >= 0.6 is 0 Å². The van der Waals surface area contributed by atoms with Crippen molar-refractivity contribution >= 4 is 24.1 Å². The van der Waals surface area contributed by atoms with Crippen molar-refractivity contribution in [1.82, 2.24) is 0 Å². The number of phenols is 2. The summed E-state index contributed by atoms with van der Waals surface area (Å²) in [5.74, 6) is -4.32. The van der Waals surface area contributed by atoms with E-state index in [9.17, 15) is 50.4 Å². The first kappa shape index (κ1) is 37.5. The summed E-state index contributed by atoms with van der Waals surface area (Å²) in [7, 11) is 2.70. The number of carbonyl (C=O) groups is 2. The molecule has 49 heavy (non-hydrogen) atoms. The van der Waals surface area contributed by atoms with Crippen molar-refractivity contribution in [2.75, 3.05) is 34.0 Å². The van der Waals surface area contributed by atoms with Gasteiger partial charge in [-0.05, 0) is 47.5 Å². The monoisotopic (exact) mass is 694 g/mol. The zero-order valence-electron chi connectivity index (χ0n) is 26.3. The van der Waals surface area contributed by atoms with E-state index in [1.807, 2.05) is 0 Å². The molecule has 2 aliphatic heterocycles. The van der Waals surface area contributed by atoms with Gasteiger partial charge in [0.2, 0.25) is 5.79 Å². The standard InChI is InChI=1S/C32H38O17/c1-43-20-11-16(3-7-18(20)35)5-9-24(37)45-14-23-27(40)30(42)32(15-34,48-23)49-31-28(41)29(26(39)22(13-33)46-31)47-25(38)10-6-17-4-8-19(36)21(12-17)44-2/h3-12,22-23,26-31,33-36,39-42H,13-15H2,1-2H3/b9-5+,10-6+/t22-,23-,26-,27-,28-,29+,30+,31-,32+/m1/s1. The number of esters is 2. The van der Waals surface area contributed by atoms with Crippen molar-refractivity contribution in [3.63, 3.8) is 0 Å². The van der Waals surface area contributed by atoms with Gasteiger partial charge in [-0.2, -0.15) is 0 Å². The van der Waals surface area contributed by atoms with Gasteiger partial charge in [0.1, 0.15) is 49.8 Å². The zero-order chi connectivity index (χ0) is 35.9. The number of aromatic hydroxyl groups is 2. The second-order valence-corrected chi connectivity index (χ2v) is 10.9. The summed E-state index contributed by atoms with van der Waals surface area (Å²) in [6.07, 6.45) is -9.49. The predicted molar refractivity (Wildman–Crippen MR) is 164 cm³/mol. The van der Waals surface area contributed by atoms with Gasteiger partial charge in [0.25, 0.3) is 0 Å². The van der Waals surface area contributed by atoms with Crippen LogP contribution in [0.3, 0.4) is 0 Å². The number of rotatable bonds is 13. The van der Waals surface area contributed by atoms with Crippen LogP contribution in [0.5, 0.6) is 23.0 Å². The Morgan fingerprint density at radius 3 is 1.92 bits per heavy atom. The van der Waals surface area contributed by atoms with Crippen LogP contribution in [0.4, 0.5) is 0 Å². The lowest BCUT2D eigenvalue weighted by Gasteiger charge is -2.44. The van der Waals surface area contributed by atoms with Crippen LogP contribution in [0, 0.1) is 0 Å². The van der Waals surface area contributed by atoms with E-state index >= 15 is 0 Å². The highest BCUT2D eigenvalue weighted by Crippen LogP contribution is 2.37. The second-order valence-electron chi connectivity index (χ2n) is 10.9. The van der Waals surface area contributed by atoms with Gasteiger partial charge < -0.3 is 74.0 Å². The summed E-state index contributed by atoms with van der Waals surface area (Å²) in [5.41, 5.74) is 0.918. The molecule has 2 aromatic carbocycles. The molecule has 8 N–H and O–H groups in total. The maximum atomic E-state index is 12.6. The van der Waals surface area contributed by atoms with Crippen molar-refractivity contribution in [3.05, 3.63) is 59.7 Å². The first-order valence-electron chi connectivity index (χ1n) is 14.8. The lowest BCUT2D eigenvalue weighted by molar-refractivity contribution is -0.383. The second kappa shape index (κ2) is 16.4. The van der Waals surface area contributed by atoms with E-state index in [4.69, 9.17) is 33.2 Å². The van der Waals surface area contributed by atoms with E-state index in [0.717, 1.165) is 12.2 Å². The molecule has 9 atom stereocenters. The minimum absolute atomic E-state index is 0.103. The summed E-state index contributed by atoms with van der Waals surface area (Å²) in [4.78, 5) is 25.0. The number of carbonyl (C=O) groups excluding carboxylic acids is 2. The van der Waals surface area contributed by atoms with E-state index in [0.29, 0.717) is 11.1 Å². The molecule has 17 nitrogen and oxygen atoms in total. The smallest absolute Gasteiger partial charge is 0.331 e. The van der Waals surface area contributed by atoms with Gasteiger partial charge in [0, 0.05) is 12.2 Å². The topological polar surface area (TPSA) is 261 Å². The minimum atomic E-state index is -2.48. The van der Waals surface area contributed by atoms with Gasteiger partial charge in [-0.1, -0.05) is 12.1 Å². The highest BCUT2D eigenvalue weighted by Gasteiger charge is 2.59. The van der Waals surface area contributed by atoms with Crippen LogP contribution in [0.1, 0.15) is 11.1 Å². The molecule has 0 aliphatic carbocycles. The summed E-state index contributed by atoms with van der Waals surface area (Å²) in [5, 5.41) is 82.5. The third-order valence-corrected chi connectivity index (χ3v) is 7.74. The normalized spacial score (nSPS) is 30.0. The number of hydrogen-bond acceptors (Lipinski definition) is 17. The Labute approximate surface area is 279 Å². The van der Waals surface area contributed by atoms with Crippen molar-refractivity contribution in [1.29, 1.82) is 0 Å². The van der Waals surface area contributed by atoms with Crippen LogP contribution in [0.15, 0.2) is 48.6 Å². The van der Waals surface area contributed by atoms with Crippen molar-refractivity contribution in [2.45, 2.75) is 54.8 Å². The fraction of sp³-hybridized carbons (Fsp3) is 0.438. The molecule has 0 spiro atoms. The highest BCUT2D eigenvalue weighted by molar-refractivity contribution is 5.88. The van der Waals surface area contributed by atoms with Crippen LogP contribution in [-0.4, -0.2) is 142 Å². The average Bonchev–Trinajstić information content (AvgIpc) is 3.34. The van der Waals surface area contributed by atoms with Gasteiger partial charge >= 0.3 is 11.9 Å². The quantitative estimate of drug-likeness (QED) is 0.0882. The van der Waals surface area contributed by atoms with E-state index in [2.05, 4.69) is 0 Å². The van der Waals surface area contributed by atoms with Gasteiger partial charge in [-0.15, -0.1) is 0 Å². The Bertz CT molecular complexity index is 1510. The Morgan fingerprint density at radius 1 is 0.816 bits per heavy atom. The number of phenolic OH excluding ortho intramolecular Hbond substituents is 2.